The Bertz CT molecular complexity index is 433. The van der Waals surface area contributed by atoms with Gasteiger partial charge in [0.2, 0.25) is 11.8 Å². The first-order valence-electron chi connectivity index (χ1n) is 6.10. The van der Waals surface area contributed by atoms with Gasteiger partial charge in [-0.05, 0) is 6.42 Å². The summed E-state index contributed by atoms with van der Waals surface area (Å²) in [5.41, 5.74) is 0. The quantitative estimate of drug-likeness (QED) is 0.884. The molecular weight excluding hydrogens is 250 g/mol. The maximum absolute atomic E-state index is 11.9. The van der Waals surface area contributed by atoms with Crippen molar-refractivity contribution in [2.24, 2.45) is 0 Å². The molecule has 0 saturated carbocycles. The third-order valence-electron chi connectivity index (χ3n) is 3.14. The predicted molar refractivity (Wildman–Crippen MR) is 69.3 cm³/mol. The van der Waals surface area contributed by atoms with Crippen LogP contribution in [-0.4, -0.2) is 40.8 Å². The van der Waals surface area contributed by atoms with Gasteiger partial charge in [0.15, 0.2) is 0 Å². The van der Waals surface area contributed by atoms with E-state index in [4.69, 9.17) is 0 Å². The van der Waals surface area contributed by atoms with Crippen LogP contribution < -0.4 is 5.32 Å². The maximum Gasteiger partial charge on any atom is 0.243 e. The minimum absolute atomic E-state index is 0.00939. The number of rotatable bonds is 4. The second-order valence-electron chi connectivity index (χ2n) is 4.46. The van der Waals surface area contributed by atoms with Crippen LogP contribution in [0, 0.1) is 0 Å². The number of hydrogen-bond donors (Lipinski definition) is 1. The first-order valence-corrected chi connectivity index (χ1v) is 6.98. The molecule has 1 aliphatic heterocycles. The topological polar surface area (TPSA) is 62.3 Å². The fourth-order valence-corrected chi connectivity index (χ4v) is 2.87. The largest absolute Gasteiger partial charge is 0.345 e. The van der Waals surface area contributed by atoms with Crippen molar-refractivity contribution in [2.45, 2.75) is 32.2 Å². The Morgan fingerprint density at radius 1 is 1.61 bits per heavy atom. The van der Waals surface area contributed by atoms with Crippen molar-refractivity contribution in [3.8, 4) is 0 Å². The molecule has 18 heavy (non-hydrogen) atoms. The standard InChI is InChI=1S/C12H17N3O2S/c1-3-9-11(17)14-6-10(16)15(9)7-8(2)12-13-4-5-18-12/h4-5,8-9H,3,6-7H2,1-2H3,(H,14,17). The second kappa shape index (κ2) is 5.48. The highest BCUT2D eigenvalue weighted by molar-refractivity contribution is 7.09. The fourth-order valence-electron chi connectivity index (χ4n) is 2.18. The van der Waals surface area contributed by atoms with Crippen molar-refractivity contribution in [3.63, 3.8) is 0 Å². The number of nitrogens with one attached hydrogen (secondary N) is 1. The molecular formula is C12H17N3O2S. The predicted octanol–water partition coefficient (Wildman–Crippen LogP) is 0.984. The lowest BCUT2D eigenvalue weighted by Crippen LogP contribution is -2.58. The van der Waals surface area contributed by atoms with Gasteiger partial charge in [-0.2, -0.15) is 0 Å². The van der Waals surface area contributed by atoms with Crippen LogP contribution in [0.25, 0.3) is 0 Å². The summed E-state index contributed by atoms with van der Waals surface area (Å²) in [6, 6.07) is -0.339. The second-order valence-corrected chi connectivity index (χ2v) is 5.39. The van der Waals surface area contributed by atoms with Gasteiger partial charge in [0.05, 0.1) is 11.6 Å². The van der Waals surface area contributed by atoms with Crippen LogP contribution in [0.1, 0.15) is 31.2 Å². The number of carbonyl (C=O) groups is 2. The lowest BCUT2D eigenvalue weighted by molar-refractivity contribution is -0.145. The minimum Gasteiger partial charge on any atom is -0.345 e. The smallest absolute Gasteiger partial charge is 0.243 e. The molecule has 2 unspecified atom stereocenters. The minimum atomic E-state index is -0.339. The lowest BCUT2D eigenvalue weighted by Gasteiger charge is -2.35. The Morgan fingerprint density at radius 3 is 3.00 bits per heavy atom. The number of carbonyl (C=O) groups excluding carboxylic acids is 2. The summed E-state index contributed by atoms with van der Waals surface area (Å²) >= 11 is 1.58. The first kappa shape index (κ1) is 13.0. The molecule has 1 aromatic heterocycles. The normalized spacial score (nSPS) is 21.9. The van der Waals surface area contributed by atoms with E-state index in [1.165, 1.54) is 0 Å². The van der Waals surface area contributed by atoms with Crippen LogP contribution in [0.4, 0.5) is 0 Å². The zero-order chi connectivity index (χ0) is 13.1. The summed E-state index contributed by atoms with van der Waals surface area (Å²) in [6.45, 7) is 4.62. The molecule has 2 atom stereocenters. The monoisotopic (exact) mass is 267 g/mol. The number of thiazole rings is 1. The van der Waals surface area contributed by atoms with Crippen molar-refractivity contribution < 1.29 is 9.59 Å². The highest BCUT2D eigenvalue weighted by atomic mass is 32.1. The average molecular weight is 267 g/mol. The van der Waals surface area contributed by atoms with Crippen molar-refractivity contribution in [1.29, 1.82) is 0 Å². The molecule has 1 aromatic rings. The first-order chi connectivity index (χ1) is 8.63. The Labute approximate surface area is 110 Å². The van der Waals surface area contributed by atoms with Crippen molar-refractivity contribution >= 4 is 23.2 Å². The van der Waals surface area contributed by atoms with Crippen LogP contribution in [0.15, 0.2) is 11.6 Å². The molecule has 0 aliphatic carbocycles. The Kier molecular flexibility index (Phi) is 3.96. The Balaban J connectivity index is 2.09. The number of nitrogens with zero attached hydrogens (tertiary/aromatic N) is 2. The third kappa shape index (κ3) is 2.53. The van der Waals surface area contributed by atoms with Gasteiger partial charge in [-0.15, -0.1) is 11.3 Å². The molecule has 98 valence electrons. The molecule has 1 aliphatic rings. The molecule has 2 rings (SSSR count). The molecule has 5 nitrogen and oxygen atoms in total. The molecule has 0 spiro atoms. The molecule has 1 fully saturated rings. The fraction of sp³-hybridized carbons (Fsp3) is 0.583. The molecule has 1 N–H and O–H groups in total. The van der Waals surface area contributed by atoms with E-state index in [9.17, 15) is 9.59 Å². The molecule has 2 heterocycles. The molecule has 2 amide bonds. The maximum atomic E-state index is 11.9. The van der Waals surface area contributed by atoms with Crippen LogP contribution in [0.3, 0.4) is 0 Å². The SMILES string of the molecule is CCC1C(=O)NCC(=O)N1CC(C)c1nccs1. The van der Waals surface area contributed by atoms with E-state index in [1.807, 2.05) is 19.2 Å². The molecule has 0 aromatic carbocycles. The van der Waals surface area contributed by atoms with Gasteiger partial charge in [-0.1, -0.05) is 13.8 Å². The summed E-state index contributed by atoms with van der Waals surface area (Å²) in [6.07, 6.45) is 2.40. The molecule has 1 saturated heterocycles. The Hall–Kier alpha value is -1.43. The highest BCUT2D eigenvalue weighted by Gasteiger charge is 2.34. The van der Waals surface area contributed by atoms with E-state index in [2.05, 4.69) is 10.3 Å². The van der Waals surface area contributed by atoms with Crippen LogP contribution in [0.2, 0.25) is 0 Å². The van der Waals surface area contributed by atoms with Gasteiger partial charge in [-0.3, -0.25) is 9.59 Å². The van der Waals surface area contributed by atoms with Crippen molar-refractivity contribution in [1.82, 2.24) is 15.2 Å². The van der Waals surface area contributed by atoms with Crippen molar-refractivity contribution in [2.75, 3.05) is 13.1 Å². The van der Waals surface area contributed by atoms with E-state index in [1.54, 1.807) is 22.4 Å². The number of amides is 2. The lowest BCUT2D eigenvalue weighted by atomic mass is 10.1. The molecule has 0 radical (unpaired) electrons. The third-order valence-corrected chi connectivity index (χ3v) is 4.15. The van der Waals surface area contributed by atoms with E-state index in [0.717, 1.165) is 5.01 Å². The highest BCUT2D eigenvalue weighted by Crippen LogP contribution is 2.21. The van der Waals surface area contributed by atoms with Crippen LogP contribution in [-0.2, 0) is 9.59 Å². The van der Waals surface area contributed by atoms with Gasteiger partial charge in [0.25, 0.3) is 0 Å². The number of piperazine rings is 1. The molecule has 6 heteroatoms. The zero-order valence-electron chi connectivity index (χ0n) is 10.5. The summed E-state index contributed by atoms with van der Waals surface area (Å²) < 4.78 is 0. The Morgan fingerprint density at radius 2 is 2.39 bits per heavy atom. The van der Waals surface area contributed by atoms with Gasteiger partial charge in [-0.25, -0.2) is 4.98 Å². The van der Waals surface area contributed by atoms with E-state index >= 15 is 0 Å². The van der Waals surface area contributed by atoms with Crippen molar-refractivity contribution in [3.05, 3.63) is 16.6 Å². The summed E-state index contributed by atoms with van der Waals surface area (Å²) in [7, 11) is 0. The molecule has 0 bridgehead atoms. The zero-order valence-corrected chi connectivity index (χ0v) is 11.4. The average Bonchev–Trinajstić information content (AvgIpc) is 2.88. The number of aromatic nitrogens is 1. The summed E-state index contributed by atoms with van der Waals surface area (Å²) in [4.78, 5) is 29.6. The van der Waals surface area contributed by atoms with E-state index in [0.29, 0.717) is 13.0 Å². The number of hydrogen-bond acceptors (Lipinski definition) is 4. The summed E-state index contributed by atoms with van der Waals surface area (Å²) in [5.74, 6) is 0.0993. The van der Waals surface area contributed by atoms with Crippen LogP contribution >= 0.6 is 11.3 Å². The van der Waals surface area contributed by atoms with Gasteiger partial charge < -0.3 is 10.2 Å². The summed E-state index contributed by atoms with van der Waals surface area (Å²) in [5, 5.41) is 5.56. The van der Waals surface area contributed by atoms with Gasteiger partial charge in [0.1, 0.15) is 6.04 Å². The van der Waals surface area contributed by atoms with Gasteiger partial charge >= 0.3 is 0 Å². The van der Waals surface area contributed by atoms with E-state index in [-0.39, 0.29) is 30.3 Å². The van der Waals surface area contributed by atoms with Gasteiger partial charge in [0, 0.05) is 24.0 Å². The van der Waals surface area contributed by atoms with Crippen LogP contribution in [0.5, 0.6) is 0 Å². The van der Waals surface area contributed by atoms with E-state index < -0.39 is 0 Å².